The summed E-state index contributed by atoms with van der Waals surface area (Å²) in [6, 6.07) is 1.99. The molecule has 5 heteroatoms. The summed E-state index contributed by atoms with van der Waals surface area (Å²) in [6.45, 7) is 3.96. The maximum Gasteiger partial charge on any atom is 0.165 e. The molecule has 0 saturated heterocycles. The van der Waals surface area contributed by atoms with E-state index < -0.39 is 0 Å². The van der Waals surface area contributed by atoms with Gasteiger partial charge in [-0.3, -0.25) is 9.67 Å². The Morgan fingerprint density at radius 3 is 2.89 bits per heavy atom. The summed E-state index contributed by atoms with van der Waals surface area (Å²) < 4.78 is 7.38. The molecule has 0 amide bonds. The Bertz CT molecular complexity index is 495. The van der Waals surface area contributed by atoms with E-state index in [1.54, 1.807) is 17.1 Å². The Morgan fingerprint density at radius 1 is 1.28 bits per heavy atom. The van der Waals surface area contributed by atoms with Gasteiger partial charge in [0.25, 0.3) is 0 Å². The minimum atomic E-state index is 0.720. The summed E-state index contributed by atoms with van der Waals surface area (Å²) in [5, 5.41) is 7.39. The zero-order valence-corrected chi connectivity index (χ0v) is 10.8. The van der Waals surface area contributed by atoms with Crippen LogP contribution in [0.1, 0.15) is 18.9 Å². The fourth-order valence-electron chi connectivity index (χ4n) is 1.61. The second-order valence-electron chi connectivity index (χ2n) is 4.16. The van der Waals surface area contributed by atoms with Gasteiger partial charge < -0.3 is 10.1 Å². The molecule has 5 nitrogen and oxygen atoms in total. The summed E-state index contributed by atoms with van der Waals surface area (Å²) in [7, 11) is 1.86. The van der Waals surface area contributed by atoms with Crippen molar-refractivity contribution in [3.05, 3.63) is 36.4 Å². The van der Waals surface area contributed by atoms with Gasteiger partial charge in [0, 0.05) is 19.8 Å². The number of aryl methyl sites for hydroxylation is 1. The summed E-state index contributed by atoms with van der Waals surface area (Å²) in [6.07, 6.45) is 8.18. The molecular weight excluding hydrogens is 228 g/mol. The van der Waals surface area contributed by atoms with E-state index in [2.05, 4.69) is 22.3 Å². The molecule has 0 atom stereocenters. The number of hydrogen-bond acceptors (Lipinski definition) is 4. The Labute approximate surface area is 107 Å². The molecule has 0 aromatic carbocycles. The van der Waals surface area contributed by atoms with Crippen LogP contribution in [-0.2, 0) is 13.6 Å². The second kappa shape index (κ2) is 6.16. The van der Waals surface area contributed by atoms with Crippen LogP contribution in [0.25, 0.3) is 0 Å². The Morgan fingerprint density at radius 2 is 2.17 bits per heavy atom. The third-order valence-electron chi connectivity index (χ3n) is 2.44. The lowest BCUT2D eigenvalue weighted by Gasteiger charge is -2.06. The van der Waals surface area contributed by atoms with Crippen molar-refractivity contribution >= 4 is 0 Å². The lowest BCUT2D eigenvalue weighted by atomic mass is 10.2. The van der Waals surface area contributed by atoms with E-state index in [-0.39, 0.29) is 0 Å². The number of pyridine rings is 1. The molecule has 0 spiro atoms. The number of nitrogens with one attached hydrogen (secondary N) is 1. The molecule has 96 valence electrons. The van der Waals surface area contributed by atoms with Gasteiger partial charge in [-0.15, -0.1) is 0 Å². The first kappa shape index (κ1) is 12.6. The van der Waals surface area contributed by atoms with E-state index in [1.807, 2.05) is 25.5 Å². The summed E-state index contributed by atoms with van der Waals surface area (Å²) >= 11 is 0. The molecule has 1 N–H and O–H groups in total. The zero-order valence-electron chi connectivity index (χ0n) is 10.8. The van der Waals surface area contributed by atoms with Crippen LogP contribution in [0.3, 0.4) is 0 Å². The molecule has 0 unspecified atom stereocenters. The number of nitrogens with zero attached hydrogens (tertiary/aromatic N) is 3. The van der Waals surface area contributed by atoms with Crippen molar-refractivity contribution in [3.8, 4) is 11.5 Å². The zero-order chi connectivity index (χ0) is 12.8. The van der Waals surface area contributed by atoms with E-state index in [1.165, 1.54) is 0 Å². The molecule has 0 saturated carbocycles. The number of rotatable bonds is 6. The molecular formula is C13H18N4O. The van der Waals surface area contributed by atoms with Crippen molar-refractivity contribution in [2.45, 2.75) is 19.9 Å². The van der Waals surface area contributed by atoms with Gasteiger partial charge in [-0.05, 0) is 24.6 Å². The number of aromatic nitrogens is 3. The number of ether oxygens (including phenoxy) is 1. The van der Waals surface area contributed by atoms with Gasteiger partial charge in [0.15, 0.2) is 5.75 Å². The topological polar surface area (TPSA) is 52.0 Å². The van der Waals surface area contributed by atoms with E-state index in [9.17, 15) is 0 Å². The molecule has 18 heavy (non-hydrogen) atoms. The molecule has 0 aliphatic carbocycles. The third-order valence-corrected chi connectivity index (χ3v) is 2.44. The van der Waals surface area contributed by atoms with E-state index in [0.29, 0.717) is 0 Å². The molecule has 2 aromatic heterocycles. The minimum Gasteiger partial charge on any atom is -0.452 e. The standard InChI is InChI=1S/C13H18N4O/c1-3-4-14-6-11-5-12(8-15-7-11)18-13-9-16-17(2)10-13/h5,7-10,14H,3-4,6H2,1-2H3. The van der Waals surface area contributed by atoms with Gasteiger partial charge in [0.1, 0.15) is 5.75 Å². The molecule has 2 heterocycles. The summed E-state index contributed by atoms with van der Waals surface area (Å²) in [4.78, 5) is 4.17. The Balaban J connectivity index is 1.98. The van der Waals surface area contributed by atoms with Crippen LogP contribution in [0.5, 0.6) is 11.5 Å². The highest BCUT2D eigenvalue weighted by Crippen LogP contribution is 2.20. The van der Waals surface area contributed by atoms with Crippen LogP contribution in [0.2, 0.25) is 0 Å². The van der Waals surface area contributed by atoms with Crippen LogP contribution < -0.4 is 10.1 Å². The highest BCUT2D eigenvalue weighted by molar-refractivity contribution is 5.28. The normalized spacial score (nSPS) is 10.6. The predicted molar refractivity (Wildman–Crippen MR) is 69.5 cm³/mol. The smallest absolute Gasteiger partial charge is 0.165 e. The fraction of sp³-hybridized carbons (Fsp3) is 0.385. The lowest BCUT2D eigenvalue weighted by Crippen LogP contribution is -2.13. The lowest BCUT2D eigenvalue weighted by molar-refractivity contribution is 0.478. The van der Waals surface area contributed by atoms with Crippen molar-refractivity contribution in [1.82, 2.24) is 20.1 Å². The SMILES string of the molecule is CCCNCc1cncc(Oc2cnn(C)c2)c1. The van der Waals surface area contributed by atoms with Crippen LogP contribution in [-0.4, -0.2) is 21.3 Å². The maximum atomic E-state index is 5.67. The monoisotopic (exact) mass is 246 g/mol. The van der Waals surface area contributed by atoms with Gasteiger partial charge in [0.05, 0.1) is 18.6 Å². The third kappa shape index (κ3) is 3.56. The Kier molecular flexibility index (Phi) is 4.30. The molecule has 0 aliphatic rings. The van der Waals surface area contributed by atoms with Crippen LogP contribution in [0, 0.1) is 0 Å². The second-order valence-corrected chi connectivity index (χ2v) is 4.16. The van der Waals surface area contributed by atoms with E-state index >= 15 is 0 Å². The quantitative estimate of drug-likeness (QED) is 0.793. The first-order valence-electron chi connectivity index (χ1n) is 6.09. The number of hydrogen-bond donors (Lipinski definition) is 1. The first-order chi connectivity index (χ1) is 8.78. The molecule has 0 aliphatic heterocycles. The van der Waals surface area contributed by atoms with E-state index in [0.717, 1.165) is 36.6 Å². The molecule has 0 bridgehead atoms. The van der Waals surface area contributed by atoms with Crippen LogP contribution in [0.15, 0.2) is 30.9 Å². The van der Waals surface area contributed by atoms with Gasteiger partial charge in [-0.2, -0.15) is 5.10 Å². The molecule has 2 aromatic rings. The summed E-state index contributed by atoms with van der Waals surface area (Å²) in [5.74, 6) is 1.46. The van der Waals surface area contributed by atoms with Crippen LogP contribution >= 0.6 is 0 Å². The fourth-order valence-corrected chi connectivity index (χ4v) is 1.61. The van der Waals surface area contributed by atoms with Crippen LogP contribution in [0.4, 0.5) is 0 Å². The van der Waals surface area contributed by atoms with Crippen molar-refractivity contribution in [2.75, 3.05) is 6.54 Å². The molecule has 2 rings (SSSR count). The van der Waals surface area contributed by atoms with E-state index in [4.69, 9.17) is 4.74 Å². The van der Waals surface area contributed by atoms with Crippen molar-refractivity contribution in [3.63, 3.8) is 0 Å². The highest BCUT2D eigenvalue weighted by Gasteiger charge is 2.01. The van der Waals surface area contributed by atoms with Crippen molar-refractivity contribution < 1.29 is 4.74 Å². The summed E-state index contributed by atoms with van der Waals surface area (Å²) in [5.41, 5.74) is 1.12. The first-order valence-corrected chi connectivity index (χ1v) is 6.09. The molecule has 0 fully saturated rings. The minimum absolute atomic E-state index is 0.720. The average Bonchev–Trinajstić information content (AvgIpc) is 2.76. The predicted octanol–water partition coefficient (Wildman–Crippen LogP) is 2.11. The largest absolute Gasteiger partial charge is 0.452 e. The van der Waals surface area contributed by atoms with Gasteiger partial charge in [-0.25, -0.2) is 0 Å². The Hall–Kier alpha value is -1.88. The van der Waals surface area contributed by atoms with Crippen molar-refractivity contribution in [2.24, 2.45) is 7.05 Å². The highest BCUT2D eigenvalue weighted by atomic mass is 16.5. The molecule has 0 radical (unpaired) electrons. The van der Waals surface area contributed by atoms with Gasteiger partial charge in [0.2, 0.25) is 0 Å². The van der Waals surface area contributed by atoms with Gasteiger partial charge in [-0.1, -0.05) is 6.92 Å². The van der Waals surface area contributed by atoms with Gasteiger partial charge >= 0.3 is 0 Å². The van der Waals surface area contributed by atoms with Crippen molar-refractivity contribution in [1.29, 1.82) is 0 Å². The maximum absolute atomic E-state index is 5.67. The average molecular weight is 246 g/mol.